The fourth-order valence-electron chi connectivity index (χ4n) is 10.2. The number of aliphatic hydroxyl groups is 1. The average molecular weight is 535 g/mol. The van der Waals surface area contributed by atoms with Gasteiger partial charge in [0.25, 0.3) is 0 Å². The second-order valence-electron chi connectivity index (χ2n) is 14.5. The first kappa shape index (κ1) is 28.9. The van der Waals surface area contributed by atoms with Gasteiger partial charge in [0.15, 0.2) is 0 Å². The minimum atomic E-state index is -0.200. The van der Waals surface area contributed by atoms with Crippen LogP contribution in [0.25, 0.3) is 0 Å². The molecule has 216 valence electrons. The maximum Gasteiger partial charge on any atom is 0.338 e. The zero-order valence-electron chi connectivity index (χ0n) is 25.3. The van der Waals surface area contributed by atoms with Gasteiger partial charge in [-0.3, -0.25) is 0 Å². The number of rotatable bonds is 9. The van der Waals surface area contributed by atoms with Gasteiger partial charge < -0.3 is 9.84 Å². The highest BCUT2D eigenvalue weighted by atomic mass is 16.5. The zero-order valence-corrected chi connectivity index (χ0v) is 25.3. The Hall–Kier alpha value is -1.61. The molecule has 5 rings (SSSR count). The molecule has 0 aliphatic heterocycles. The fraction of sp³-hybridized carbons (Fsp3) is 0.750. The van der Waals surface area contributed by atoms with Crippen LogP contribution in [0.15, 0.2) is 42.0 Å². The number of allylic oxidation sites excluding steroid dienone is 1. The summed E-state index contributed by atoms with van der Waals surface area (Å²) in [6.45, 7) is 12.8. The molecule has 3 heteroatoms. The Kier molecular flexibility index (Phi) is 8.68. The molecule has 1 aromatic rings. The number of hydrogen-bond acceptors (Lipinski definition) is 3. The molecule has 0 amide bonds. The predicted molar refractivity (Wildman–Crippen MR) is 159 cm³/mol. The molecule has 3 nitrogen and oxygen atoms in total. The van der Waals surface area contributed by atoms with Crippen molar-refractivity contribution in [1.82, 2.24) is 0 Å². The molecule has 1 aromatic carbocycles. The van der Waals surface area contributed by atoms with Crippen molar-refractivity contribution in [2.75, 3.05) is 6.61 Å². The van der Waals surface area contributed by atoms with E-state index in [0.717, 1.165) is 48.9 Å². The van der Waals surface area contributed by atoms with Gasteiger partial charge in [0.2, 0.25) is 0 Å². The van der Waals surface area contributed by atoms with E-state index in [0.29, 0.717) is 34.8 Å². The summed E-state index contributed by atoms with van der Waals surface area (Å²) in [4.78, 5) is 12.4. The lowest BCUT2D eigenvalue weighted by molar-refractivity contribution is -0.0576. The maximum atomic E-state index is 12.4. The van der Waals surface area contributed by atoms with E-state index in [1.807, 2.05) is 30.3 Å². The van der Waals surface area contributed by atoms with Crippen LogP contribution in [0.5, 0.6) is 0 Å². The highest BCUT2D eigenvalue weighted by Crippen LogP contribution is 2.67. The third kappa shape index (κ3) is 5.51. The van der Waals surface area contributed by atoms with E-state index < -0.39 is 0 Å². The minimum absolute atomic E-state index is 0.114. The second kappa shape index (κ2) is 11.7. The Morgan fingerprint density at radius 2 is 1.79 bits per heavy atom. The normalized spacial score (nSPS) is 38.0. The largest absolute Gasteiger partial charge is 0.462 e. The van der Waals surface area contributed by atoms with Crippen molar-refractivity contribution in [3.63, 3.8) is 0 Å². The molecule has 10 atom stereocenters. The Labute approximate surface area is 238 Å². The van der Waals surface area contributed by atoms with Crippen LogP contribution >= 0.6 is 0 Å². The number of ether oxygens (including phenoxy) is 1. The Bertz CT molecular complexity index is 1020. The van der Waals surface area contributed by atoms with Crippen LogP contribution in [-0.2, 0) is 4.74 Å². The van der Waals surface area contributed by atoms with Gasteiger partial charge in [0.05, 0.1) is 18.3 Å². The standard InChI is InChI=1S/C36H54O3/c1-6-26(25(3)23-39-34(38)27-10-8-7-9-11-27)13-12-24(2)31-16-17-32-30-15-14-28-22-29(37)18-20-35(28,4)33(30)19-21-36(31,32)5/h7-11,14,24-26,29-33,37H,6,12-13,15-23H2,1-5H3/t24-,25-,26-,29+,30+,31-,32+,33+,35+,36-/m1/s1. The van der Waals surface area contributed by atoms with Gasteiger partial charge in [-0.05, 0) is 122 Å². The van der Waals surface area contributed by atoms with Crippen molar-refractivity contribution in [2.24, 2.45) is 52.3 Å². The first-order chi connectivity index (χ1) is 18.7. The summed E-state index contributed by atoms with van der Waals surface area (Å²) in [6.07, 6.45) is 16.1. The summed E-state index contributed by atoms with van der Waals surface area (Å²) in [5.74, 6) is 4.89. The summed E-state index contributed by atoms with van der Waals surface area (Å²) in [5.41, 5.74) is 3.05. The van der Waals surface area contributed by atoms with Crippen molar-refractivity contribution < 1.29 is 14.6 Å². The number of benzene rings is 1. The van der Waals surface area contributed by atoms with E-state index in [9.17, 15) is 9.90 Å². The lowest BCUT2D eigenvalue weighted by Crippen LogP contribution is -2.50. The van der Waals surface area contributed by atoms with Crippen LogP contribution in [0.1, 0.15) is 116 Å². The molecule has 4 aliphatic carbocycles. The molecular formula is C36H54O3. The highest BCUT2D eigenvalue weighted by molar-refractivity contribution is 5.89. The maximum absolute atomic E-state index is 12.4. The summed E-state index contributed by atoms with van der Waals surface area (Å²) in [6, 6.07) is 9.37. The van der Waals surface area contributed by atoms with Gasteiger partial charge in [-0.15, -0.1) is 0 Å². The van der Waals surface area contributed by atoms with Crippen molar-refractivity contribution in [1.29, 1.82) is 0 Å². The Morgan fingerprint density at radius 3 is 2.54 bits per heavy atom. The monoisotopic (exact) mass is 534 g/mol. The number of carbonyl (C=O) groups is 1. The Morgan fingerprint density at radius 1 is 1.03 bits per heavy atom. The van der Waals surface area contributed by atoms with Crippen LogP contribution in [-0.4, -0.2) is 23.8 Å². The molecule has 0 unspecified atom stereocenters. The highest BCUT2D eigenvalue weighted by Gasteiger charge is 2.59. The SMILES string of the molecule is CC[C@H](CC[C@@H](C)[C@H]1CC[C@H]2[C@@H]3CC=C4C[C@@H](O)CC[C@]4(C)[C@H]3CC[C@]12C)[C@H](C)COC(=O)c1ccccc1. The number of aliphatic hydroxyl groups excluding tert-OH is 1. The van der Waals surface area contributed by atoms with E-state index >= 15 is 0 Å². The molecule has 1 N–H and O–H groups in total. The van der Waals surface area contributed by atoms with E-state index in [2.05, 4.69) is 40.7 Å². The van der Waals surface area contributed by atoms with Gasteiger partial charge in [-0.1, -0.05) is 77.3 Å². The predicted octanol–water partition coefficient (Wildman–Crippen LogP) is 8.86. The van der Waals surface area contributed by atoms with Crippen molar-refractivity contribution in [3.8, 4) is 0 Å². The number of carbonyl (C=O) groups excluding carboxylic acids is 1. The first-order valence-electron chi connectivity index (χ1n) is 16.3. The molecule has 39 heavy (non-hydrogen) atoms. The molecule has 0 radical (unpaired) electrons. The van der Waals surface area contributed by atoms with Crippen LogP contribution in [0.4, 0.5) is 0 Å². The van der Waals surface area contributed by atoms with E-state index in [4.69, 9.17) is 4.74 Å². The average Bonchev–Trinajstić information content (AvgIpc) is 3.30. The van der Waals surface area contributed by atoms with Gasteiger partial charge in [0, 0.05) is 0 Å². The van der Waals surface area contributed by atoms with Crippen molar-refractivity contribution in [3.05, 3.63) is 47.5 Å². The molecule has 3 fully saturated rings. The van der Waals surface area contributed by atoms with Crippen molar-refractivity contribution >= 4 is 5.97 Å². The summed E-state index contributed by atoms with van der Waals surface area (Å²) in [5, 5.41) is 10.3. The number of hydrogen-bond donors (Lipinski definition) is 1. The van der Waals surface area contributed by atoms with Gasteiger partial charge >= 0.3 is 5.97 Å². The third-order valence-electron chi connectivity index (χ3n) is 12.6. The quantitative estimate of drug-likeness (QED) is 0.254. The van der Waals surface area contributed by atoms with Crippen LogP contribution in [0.3, 0.4) is 0 Å². The molecule has 0 spiro atoms. The summed E-state index contributed by atoms with van der Waals surface area (Å²) in [7, 11) is 0. The molecule has 3 saturated carbocycles. The van der Waals surface area contributed by atoms with Crippen molar-refractivity contribution in [2.45, 2.75) is 111 Å². The van der Waals surface area contributed by atoms with E-state index in [1.54, 1.807) is 5.57 Å². The topological polar surface area (TPSA) is 46.5 Å². The van der Waals surface area contributed by atoms with Gasteiger partial charge in [-0.2, -0.15) is 0 Å². The molecule has 0 heterocycles. The molecule has 4 aliphatic rings. The van der Waals surface area contributed by atoms with E-state index in [-0.39, 0.29) is 12.1 Å². The zero-order chi connectivity index (χ0) is 27.8. The molecular weight excluding hydrogens is 480 g/mol. The molecule has 0 saturated heterocycles. The van der Waals surface area contributed by atoms with Gasteiger partial charge in [-0.25, -0.2) is 4.79 Å². The fourth-order valence-corrected chi connectivity index (χ4v) is 10.2. The number of esters is 1. The van der Waals surface area contributed by atoms with Crippen LogP contribution < -0.4 is 0 Å². The molecule has 0 bridgehead atoms. The van der Waals surface area contributed by atoms with E-state index in [1.165, 1.54) is 51.4 Å². The minimum Gasteiger partial charge on any atom is -0.462 e. The summed E-state index contributed by atoms with van der Waals surface area (Å²) >= 11 is 0. The third-order valence-corrected chi connectivity index (χ3v) is 12.6. The lowest BCUT2D eigenvalue weighted by atomic mass is 9.47. The van der Waals surface area contributed by atoms with Crippen LogP contribution in [0, 0.1) is 52.3 Å². The lowest BCUT2D eigenvalue weighted by Gasteiger charge is -2.58. The first-order valence-corrected chi connectivity index (χ1v) is 16.3. The van der Waals surface area contributed by atoms with Crippen LogP contribution in [0.2, 0.25) is 0 Å². The Balaban J connectivity index is 1.17. The summed E-state index contributed by atoms with van der Waals surface area (Å²) < 4.78 is 5.71. The second-order valence-corrected chi connectivity index (χ2v) is 14.5. The molecule has 0 aromatic heterocycles. The smallest absolute Gasteiger partial charge is 0.338 e. The van der Waals surface area contributed by atoms with Gasteiger partial charge in [0.1, 0.15) is 0 Å². The number of fused-ring (bicyclic) bond motifs is 5.